The number of piperazine rings is 1. The summed E-state index contributed by atoms with van der Waals surface area (Å²) >= 11 is 1.60. The van der Waals surface area contributed by atoms with E-state index in [2.05, 4.69) is 26.9 Å². The Morgan fingerprint density at radius 3 is 2.64 bits per heavy atom. The first-order valence-electron chi connectivity index (χ1n) is 11.9. The highest BCUT2D eigenvalue weighted by atomic mass is 32.1. The number of aromatic nitrogens is 1. The summed E-state index contributed by atoms with van der Waals surface area (Å²) in [5, 5.41) is 3.00. The van der Waals surface area contributed by atoms with Crippen molar-refractivity contribution in [1.82, 2.24) is 19.7 Å². The monoisotopic (exact) mass is 470 g/mol. The van der Waals surface area contributed by atoms with Gasteiger partial charge in [0.15, 0.2) is 0 Å². The van der Waals surface area contributed by atoms with Crippen LogP contribution in [-0.4, -0.2) is 77.4 Å². The molecule has 178 valence electrons. The standard InChI is InChI=1S/C25H34N4O3S/c1-20-26-22(18-33-20)16-25(31)29-10-3-2-4-23(29)9-15-32-24-7-5-21(6-8-24)17-27-11-13-28(19-30)14-12-27/h5-8,18-19,23H,2-4,9-17H2,1H3/t23-/m0/s1. The predicted octanol–water partition coefficient (Wildman–Crippen LogP) is 3.12. The fourth-order valence-electron chi connectivity index (χ4n) is 4.66. The van der Waals surface area contributed by atoms with E-state index in [1.807, 2.05) is 29.3 Å². The first-order valence-corrected chi connectivity index (χ1v) is 12.8. The zero-order chi connectivity index (χ0) is 23.0. The zero-order valence-electron chi connectivity index (χ0n) is 19.4. The van der Waals surface area contributed by atoms with E-state index in [0.717, 1.165) is 81.4 Å². The number of amides is 2. The van der Waals surface area contributed by atoms with Gasteiger partial charge >= 0.3 is 0 Å². The number of carbonyl (C=O) groups excluding carboxylic acids is 2. The lowest BCUT2D eigenvalue weighted by Crippen LogP contribution is -2.45. The van der Waals surface area contributed by atoms with E-state index in [1.165, 1.54) is 12.0 Å². The quantitative estimate of drug-likeness (QED) is 0.527. The highest BCUT2D eigenvalue weighted by Crippen LogP contribution is 2.22. The molecule has 2 fully saturated rings. The maximum Gasteiger partial charge on any atom is 0.228 e. The molecule has 0 aliphatic carbocycles. The van der Waals surface area contributed by atoms with Gasteiger partial charge in [0.25, 0.3) is 0 Å². The van der Waals surface area contributed by atoms with Gasteiger partial charge in [-0.1, -0.05) is 12.1 Å². The molecule has 2 saturated heterocycles. The lowest BCUT2D eigenvalue weighted by Gasteiger charge is -2.35. The Kier molecular flexibility index (Phi) is 8.34. The third-order valence-corrected chi connectivity index (χ3v) is 7.37. The van der Waals surface area contributed by atoms with Gasteiger partial charge in [0.1, 0.15) is 5.75 Å². The number of hydrogen-bond donors (Lipinski definition) is 0. The van der Waals surface area contributed by atoms with E-state index < -0.39 is 0 Å². The van der Waals surface area contributed by atoms with Crippen LogP contribution in [0.4, 0.5) is 0 Å². The fraction of sp³-hybridized carbons (Fsp3) is 0.560. The van der Waals surface area contributed by atoms with Gasteiger partial charge in [0, 0.05) is 57.1 Å². The van der Waals surface area contributed by atoms with E-state index in [4.69, 9.17) is 4.74 Å². The van der Waals surface area contributed by atoms with Crippen LogP contribution < -0.4 is 4.74 Å². The van der Waals surface area contributed by atoms with Crippen LogP contribution in [0.25, 0.3) is 0 Å². The van der Waals surface area contributed by atoms with Gasteiger partial charge in [0.2, 0.25) is 12.3 Å². The summed E-state index contributed by atoms with van der Waals surface area (Å²) < 4.78 is 6.02. The largest absolute Gasteiger partial charge is 0.494 e. The van der Waals surface area contributed by atoms with Gasteiger partial charge in [-0.2, -0.15) is 0 Å². The summed E-state index contributed by atoms with van der Waals surface area (Å²) in [4.78, 5) is 34.4. The maximum absolute atomic E-state index is 12.9. The number of benzene rings is 1. The number of hydrogen-bond acceptors (Lipinski definition) is 6. The third kappa shape index (κ3) is 6.77. The lowest BCUT2D eigenvalue weighted by molar-refractivity contribution is -0.134. The second kappa shape index (κ2) is 11.6. The summed E-state index contributed by atoms with van der Waals surface area (Å²) in [5.41, 5.74) is 2.14. The molecule has 2 aromatic rings. The van der Waals surface area contributed by atoms with Crippen LogP contribution in [0, 0.1) is 6.92 Å². The van der Waals surface area contributed by atoms with Gasteiger partial charge in [-0.15, -0.1) is 11.3 Å². The van der Waals surface area contributed by atoms with Gasteiger partial charge in [-0.05, 0) is 43.9 Å². The number of ether oxygens (including phenoxy) is 1. The molecule has 33 heavy (non-hydrogen) atoms. The van der Waals surface area contributed by atoms with Gasteiger partial charge in [-0.3, -0.25) is 14.5 Å². The lowest BCUT2D eigenvalue weighted by atomic mass is 9.99. The molecule has 2 aliphatic heterocycles. The topological polar surface area (TPSA) is 66.0 Å². The number of aryl methyl sites for hydroxylation is 1. The van der Waals surface area contributed by atoms with Crippen LogP contribution in [-0.2, 0) is 22.6 Å². The van der Waals surface area contributed by atoms with Crippen molar-refractivity contribution in [2.24, 2.45) is 0 Å². The molecule has 0 N–H and O–H groups in total. The van der Waals surface area contributed by atoms with Crippen molar-refractivity contribution in [2.75, 3.05) is 39.3 Å². The average Bonchev–Trinajstić information content (AvgIpc) is 3.25. The number of piperidine rings is 1. The molecule has 0 spiro atoms. The fourth-order valence-corrected chi connectivity index (χ4v) is 5.28. The van der Waals surface area contributed by atoms with Crippen LogP contribution in [0.3, 0.4) is 0 Å². The second-order valence-corrected chi connectivity index (χ2v) is 10.0. The molecule has 1 aromatic carbocycles. The Hall–Kier alpha value is -2.45. The van der Waals surface area contributed by atoms with Crippen LogP contribution in [0.5, 0.6) is 5.75 Å². The molecule has 2 amide bonds. The number of thiazole rings is 1. The van der Waals surface area contributed by atoms with E-state index in [-0.39, 0.29) is 11.9 Å². The van der Waals surface area contributed by atoms with Gasteiger partial charge in [-0.25, -0.2) is 4.98 Å². The molecule has 1 aromatic heterocycles. The van der Waals surface area contributed by atoms with Crippen molar-refractivity contribution in [1.29, 1.82) is 0 Å². The van der Waals surface area contributed by atoms with Crippen molar-refractivity contribution in [2.45, 2.75) is 51.6 Å². The van der Waals surface area contributed by atoms with Crippen LogP contribution in [0.15, 0.2) is 29.6 Å². The average molecular weight is 471 g/mol. The molecular formula is C25H34N4O3S. The molecule has 1 atom stereocenters. The van der Waals surface area contributed by atoms with Crippen LogP contribution >= 0.6 is 11.3 Å². The summed E-state index contributed by atoms with van der Waals surface area (Å²) in [5.74, 6) is 1.06. The minimum Gasteiger partial charge on any atom is -0.494 e. The molecule has 0 saturated carbocycles. The number of likely N-dealkylation sites (tertiary alicyclic amines) is 1. The summed E-state index contributed by atoms with van der Waals surface area (Å²) in [7, 11) is 0. The van der Waals surface area contributed by atoms with Crippen molar-refractivity contribution >= 4 is 23.7 Å². The van der Waals surface area contributed by atoms with Crippen molar-refractivity contribution in [3.63, 3.8) is 0 Å². The van der Waals surface area contributed by atoms with Crippen molar-refractivity contribution < 1.29 is 14.3 Å². The third-order valence-electron chi connectivity index (χ3n) is 6.55. The van der Waals surface area contributed by atoms with E-state index in [0.29, 0.717) is 13.0 Å². The van der Waals surface area contributed by atoms with E-state index >= 15 is 0 Å². The SMILES string of the molecule is Cc1nc(CC(=O)N2CCCC[C@H]2CCOc2ccc(CN3CCN(C=O)CC3)cc2)cs1. The normalized spacial score (nSPS) is 19.5. The summed E-state index contributed by atoms with van der Waals surface area (Å²) in [6.45, 7) is 7.74. The molecule has 0 radical (unpaired) electrons. The molecule has 0 bridgehead atoms. The Morgan fingerprint density at radius 1 is 1.15 bits per heavy atom. The molecule has 4 rings (SSSR count). The first-order chi connectivity index (χ1) is 16.1. The molecule has 0 unspecified atom stereocenters. The smallest absolute Gasteiger partial charge is 0.228 e. The maximum atomic E-state index is 12.9. The summed E-state index contributed by atoms with van der Waals surface area (Å²) in [6.07, 6.45) is 5.47. The second-order valence-electron chi connectivity index (χ2n) is 8.97. The molecule has 8 heteroatoms. The minimum atomic E-state index is 0.184. The van der Waals surface area contributed by atoms with Gasteiger partial charge in [0.05, 0.1) is 23.7 Å². The van der Waals surface area contributed by atoms with E-state index in [9.17, 15) is 9.59 Å². The Balaban J connectivity index is 1.22. The van der Waals surface area contributed by atoms with Gasteiger partial charge < -0.3 is 14.5 Å². The van der Waals surface area contributed by atoms with E-state index in [1.54, 1.807) is 11.3 Å². The first kappa shape index (κ1) is 23.7. The van der Waals surface area contributed by atoms with Crippen LogP contribution in [0.2, 0.25) is 0 Å². The van der Waals surface area contributed by atoms with Crippen LogP contribution in [0.1, 0.15) is 41.9 Å². The molecule has 7 nitrogen and oxygen atoms in total. The number of carbonyl (C=O) groups is 2. The zero-order valence-corrected chi connectivity index (χ0v) is 20.3. The minimum absolute atomic E-state index is 0.184. The van der Waals surface area contributed by atoms with Crippen molar-refractivity contribution in [3.8, 4) is 5.75 Å². The van der Waals surface area contributed by atoms with Crippen molar-refractivity contribution in [3.05, 3.63) is 45.9 Å². The Morgan fingerprint density at radius 2 is 1.94 bits per heavy atom. The molecule has 3 heterocycles. The Bertz CT molecular complexity index is 909. The molecule has 2 aliphatic rings. The summed E-state index contributed by atoms with van der Waals surface area (Å²) in [6, 6.07) is 8.55. The number of nitrogens with zero attached hydrogens (tertiary/aromatic N) is 4. The highest BCUT2D eigenvalue weighted by Gasteiger charge is 2.27. The predicted molar refractivity (Wildman–Crippen MR) is 129 cm³/mol. The molecular weight excluding hydrogens is 436 g/mol. The number of rotatable bonds is 9. The Labute approximate surface area is 200 Å². The highest BCUT2D eigenvalue weighted by molar-refractivity contribution is 7.09.